The summed E-state index contributed by atoms with van der Waals surface area (Å²) in [4.78, 5) is 25.6. The van der Waals surface area contributed by atoms with Crippen molar-refractivity contribution in [3.8, 4) is 0 Å². The summed E-state index contributed by atoms with van der Waals surface area (Å²) in [5.41, 5.74) is 2.97. The minimum absolute atomic E-state index is 0.0518. The van der Waals surface area contributed by atoms with Crippen LogP contribution in [0.3, 0.4) is 0 Å². The SMILES string of the molecule is O=C(NCCc1ccsc1)c1ccc(CN2CCCC2=O)cc1. The molecule has 0 bridgehead atoms. The lowest BCUT2D eigenvalue weighted by molar-refractivity contribution is -0.128. The fourth-order valence-corrected chi connectivity index (χ4v) is 3.41. The predicted molar refractivity (Wildman–Crippen MR) is 91.4 cm³/mol. The average Bonchev–Trinajstić information content (AvgIpc) is 3.21. The highest BCUT2D eigenvalue weighted by atomic mass is 32.1. The van der Waals surface area contributed by atoms with E-state index in [1.807, 2.05) is 34.5 Å². The van der Waals surface area contributed by atoms with E-state index in [9.17, 15) is 9.59 Å². The van der Waals surface area contributed by atoms with Gasteiger partial charge in [-0.3, -0.25) is 9.59 Å². The first-order chi connectivity index (χ1) is 11.2. The van der Waals surface area contributed by atoms with Gasteiger partial charge in [-0.2, -0.15) is 11.3 Å². The lowest BCUT2D eigenvalue weighted by Crippen LogP contribution is -2.26. The number of carbonyl (C=O) groups is 2. The van der Waals surface area contributed by atoms with Gasteiger partial charge in [-0.25, -0.2) is 0 Å². The lowest BCUT2D eigenvalue weighted by atomic mass is 10.1. The molecule has 0 spiro atoms. The smallest absolute Gasteiger partial charge is 0.251 e. The molecular formula is C18H20N2O2S. The Morgan fingerprint density at radius 2 is 2.00 bits per heavy atom. The molecular weight excluding hydrogens is 308 g/mol. The molecule has 2 aromatic rings. The third-order valence-corrected chi connectivity index (χ3v) is 4.77. The number of hydrogen-bond donors (Lipinski definition) is 1. The third kappa shape index (κ3) is 4.20. The van der Waals surface area contributed by atoms with Crippen molar-refractivity contribution >= 4 is 23.2 Å². The predicted octanol–water partition coefficient (Wildman–Crippen LogP) is 2.84. The van der Waals surface area contributed by atoms with Crippen molar-refractivity contribution in [3.63, 3.8) is 0 Å². The molecule has 0 aliphatic carbocycles. The van der Waals surface area contributed by atoms with Gasteiger partial charge in [-0.05, 0) is 52.9 Å². The summed E-state index contributed by atoms with van der Waals surface area (Å²) in [6.07, 6.45) is 2.46. The van der Waals surface area contributed by atoms with Crippen molar-refractivity contribution in [3.05, 3.63) is 57.8 Å². The number of benzene rings is 1. The van der Waals surface area contributed by atoms with E-state index in [0.717, 1.165) is 24.9 Å². The molecule has 3 rings (SSSR count). The molecule has 1 N–H and O–H groups in total. The molecule has 0 radical (unpaired) electrons. The van der Waals surface area contributed by atoms with Crippen molar-refractivity contribution in [2.75, 3.05) is 13.1 Å². The normalized spacial score (nSPS) is 14.3. The topological polar surface area (TPSA) is 49.4 Å². The molecule has 0 atom stereocenters. The Labute approximate surface area is 140 Å². The van der Waals surface area contributed by atoms with E-state index >= 15 is 0 Å². The molecule has 2 heterocycles. The number of hydrogen-bond acceptors (Lipinski definition) is 3. The molecule has 23 heavy (non-hydrogen) atoms. The number of carbonyl (C=O) groups excluding carboxylic acids is 2. The maximum Gasteiger partial charge on any atom is 0.251 e. The Balaban J connectivity index is 1.49. The number of amides is 2. The summed E-state index contributed by atoms with van der Waals surface area (Å²) >= 11 is 1.67. The van der Waals surface area contributed by atoms with Crippen LogP contribution < -0.4 is 5.32 Å². The third-order valence-electron chi connectivity index (χ3n) is 4.04. The Bertz CT molecular complexity index is 665. The Morgan fingerprint density at radius 1 is 1.17 bits per heavy atom. The largest absolute Gasteiger partial charge is 0.352 e. The first-order valence-corrected chi connectivity index (χ1v) is 8.82. The number of likely N-dealkylation sites (tertiary alicyclic amines) is 1. The minimum atomic E-state index is -0.0518. The lowest BCUT2D eigenvalue weighted by Gasteiger charge is -2.15. The number of rotatable bonds is 6. The van der Waals surface area contributed by atoms with Gasteiger partial charge >= 0.3 is 0 Å². The van der Waals surface area contributed by atoms with E-state index in [1.54, 1.807) is 11.3 Å². The molecule has 1 aliphatic heterocycles. The standard InChI is InChI=1S/C18H20N2O2S/c21-17-2-1-10-20(17)12-14-3-5-16(6-4-14)18(22)19-9-7-15-8-11-23-13-15/h3-6,8,11,13H,1-2,7,9-10,12H2,(H,19,22). The summed E-state index contributed by atoms with van der Waals surface area (Å²) in [5.74, 6) is 0.171. The fourth-order valence-electron chi connectivity index (χ4n) is 2.71. The minimum Gasteiger partial charge on any atom is -0.352 e. The number of thiophene rings is 1. The van der Waals surface area contributed by atoms with Crippen LogP contribution >= 0.6 is 11.3 Å². The van der Waals surface area contributed by atoms with Crippen LogP contribution in [-0.2, 0) is 17.8 Å². The van der Waals surface area contributed by atoms with Gasteiger partial charge in [-0.1, -0.05) is 12.1 Å². The van der Waals surface area contributed by atoms with Crippen molar-refractivity contribution in [2.24, 2.45) is 0 Å². The number of nitrogens with one attached hydrogen (secondary N) is 1. The second-order valence-electron chi connectivity index (χ2n) is 5.75. The molecule has 0 unspecified atom stereocenters. The zero-order valence-electron chi connectivity index (χ0n) is 13.0. The van der Waals surface area contributed by atoms with Crippen LogP contribution in [0.5, 0.6) is 0 Å². The average molecular weight is 328 g/mol. The molecule has 2 amide bonds. The molecule has 4 nitrogen and oxygen atoms in total. The van der Waals surface area contributed by atoms with E-state index in [4.69, 9.17) is 0 Å². The van der Waals surface area contributed by atoms with Crippen molar-refractivity contribution in [1.82, 2.24) is 10.2 Å². The maximum absolute atomic E-state index is 12.1. The maximum atomic E-state index is 12.1. The number of nitrogens with zero attached hydrogens (tertiary/aromatic N) is 1. The van der Waals surface area contributed by atoms with Crippen molar-refractivity contribution in [1.29, 1.82) is 0 Å². The monoisotopic (exact) mass is 328 g/mol. The van der Waals surface area contributed by atoms with Gasteiger partial charge in [-0.15, -0.1) is 0 Å². The summed E-state index contributed by atoms with van der Waals surface area (Å²) in [6.45, 7) is 2.11. The van der Waals surface area contributed by atoms with Gasteiger partial charge in [0.2, 0.25) is 5.91 Å². The van der Waals surface area contributed by atoms with Gasteiger partial charge in [0.1, 0.15) is 0 Å². The van der Waals surface area contributed by atoms with Crippen LogP contribution in [0, 0.1) is 0 Å². The van der Waals surface area contributed by atoms with Crippen molar-refractivity contribution < 1.29 is 9.59 Å². The van der Waals surface area contributed by atoms with Crippen LogP contribution in [0.4, 0.5) is 0 Å². The highest BCUT2D eigenvalue weighted by Gasteiger charge is 2.19. The van der Waals surface area contributed by atoms with E-state index in [-0.39, 0.29) is 11.8 Å². The van der Waals surface area contributed by atoms with Crippen LogP contribution in [0.25, 0.3) is 0 Å². The van der Waals surface area contributed by atoms with Crippen LogP contribution in [0.2, 0.25) is 0 Å². The quantitative estimate of drug-likeness (QED) is 0.886. The Morgan fingerprint density at radius 3 is 2.65 bits per heavy atom. The Hall–Kier alpha value is -2.14. The molecule has 120 valence electrons. The second kappa shape index (κ2) is 7.42. The first kappa shape index (κ1) is 15.7. The zero-order chi connectivity index (χ0) is 16.1. The first-order valence-electron chi connectivity index (χ1n) is 7.88. The van der Waals surface area contributed by atoms with Crippen LogP contribution in [-0.4, -0.2) is 29.8 Å². The van der Waals surface area contributed by atoms with Crippen LogP contribution in [0.1, 0.15) is 34.3 Å². The molecule has 5 heteroatoms. The molecule has 1 aromatic carbocycles. The molecule has 1 saturated heterocycles. The van der Waals surface area contributed by atoms with Crippen LogP contribution in [0.15, 0.2) is 41.1 Å². The highest BCUT2D eigenvalue weighted by molar-refractivity contribution is 7.07. The van der Waals surface area contributed by atoms with Crippen molar-refractivity contribution in [2.45, 2.75) is 25.8 Å². The van der Waals surface area contributed by atoms with Gasteiger partial charge in [0.25, 0.3) is 5.91 Å². The van der Waals surface area contributed by atoms with Gasteiger partial charge < -0.3 is 10.2 Å². The van der Waals surface area contributed by atoms with E-state index in [2.05, 4.69) is 16.8 Å². The van der Waals surface area contributed by atoms with Gasteiger partial charge in [0.15, 0.2) is 0 Å². The summed E-state index contributed by atoms with van der Waals surface area (Å²) < 4.78 is 0. The van der Waals surface area contributed by atoms with Gasteiger partial charge in [0.05, 0.1) is 0 Å². The summed E-state index contributed by atoms with van der Waals surface area (Å²) in [7, 11) is 0. The molecule has 1 aliphatic rings. The summed E-state index contributed by atoms with van der Waals surface area (Å²) in [5, 5.41) is 7.08. The van der Waals surface area contributed by atoms with E-state index in [1.165, 1.54) is 5.56 Å². The Kier molecular flexibility index (Phi) is 5.08. The zero-order valence-corrected chi connectivity index (χ0v) is 13.8. The highest BCUT2D eigenvalue weighted by Crippen LogP contribution is 2.14. The summed E-state index contributed by atoms with van der Waals surface area (Å²) in [6, 6.07) is 9.59. The molecule has 1 aromatic heterocycles. The van der Waals surface area contributed by atoms with E-state index in [0.29, 0.717) is 25.1 Å². The van der Waals surface area contributed by atoms with E-state index < -0.39 is 0 Å². The molecule has 0 saturated carbocycles. The van der Waals surface area contributed by atoms with Gasteiger partial charge in [0, 0.05) is 31.6 Å². The molecule has 1 fully saturated rings. The second-order valence-corrected chi connectivity index (χ2v) is 6.53. The fraction of sp³-hybridized carbons (Fsp3) is 0.333.